The van der Waals surface area contributed by atoms with E-state index < -0.39 is 0 Å². The van der Waals surface area contributed by atoms with Gasteiger partial charge in [0.05, 0.1) is 6.04 Å². The van der Waals surface area contributed by atoms with Gasteiger partial charge in [-0.25, -0.2) is 4.39 Å². The van der Waals surface area contributed by atoms with Gasteiger partial charge in [-0.15, -0.1) is 0 Å². The third-order valence-corrected chi connectivity index (χ3v) is 3.74. The molecule has 0 saturated heterocycles. The largest absolute Gasteiger partial charge is 0.377 e. The first-order chi connectivity index (χ1) is 9.11. The standard InChI is InChI=1S/C15H16BrFN2/c1-10-4-2-3-5-14(10)19-15(9-18)12-7-6-11(17)8-13(12)16/h2-8,15,19H,9,18H2,1H3. The monoisotopic (exact) mass is 322 g/mol. The average molecular weight is 323 g/mol. The summed E-state index contributed by atoms with van der Waals surface area (Å²) in [7, 11) is 0. The zero-order valence-electron chi connectivity index (χ0n) is 10.7. The second-order valence-corrected chi connectivity index (χ2v) is 5.27. The molecule has 0 saturated carbocycles. The van der Waals surface area contributed by atoms with Gasteiger partial charge in [-0.1, -0.05) is 40.2 Å². The lowest BCUT2D eigenvalue weighted by Gasteiger charge is -2.21. The molecule has 0 radical (unpaired) electrons. The third kappa shape index (κ3) is 3.33. The van der Waals surface area contributed by atoms with E-state index in [0.29, 0.717) is 6.54 Å². The predicted octanol–water partition coefficient (Wildman–Crippen LogP) is 4.01. The molecule has 2 aromatic rings. The Hall–Kier alpha value is -1.39. The first kappa shape index (κ1) is 14.0. The maximum Gasteiger partial charge on any atom is 0.124 e. The Labute approximate surface area is 121 Å². The Kier molecular flexibility index (Phi) is 4.56. The van der Waals surface area contributed by atoms with E-state index in [4.69, 9.17) is 5.73 Å². The topological polar surface area (TPSA) is 38.0 Å². The number of para-hydroxylation sites is 1. The van der Waals surface area contributed by atoms with Gasteiger partial charge in [0.1, 0.15) is 5.82 Å². The van der Waals surface area contributed by atoms with Crippen molar-refractivity contribution in [2.45, 2.75) is 13.0 Å². The normalized spacial score (nSPS) is 12.2. The fourth-order valence-corrected chi connectivity index (χ4v) is 2.60. The van der Waals surface area contributed by atoms with Crippen molar-refractivity contribution >= 4 is 21.6 Å². The highest BCUT2D eigenvalue weighted by Gasteiger charge is 2.14. The van der Waals surface area contributed by atoms with Crippen molar-refractivity contribution in [3.05, 3.63) is 63.9 Å². The van der Waals surface area contributed by atoms with Crippen LogP contribution in [0.25, 0.3) is 0 Å². The van der Waals surface area contributed by atoms with Gasteiger partial charge in [0.25, 0.3) is 0 Å². The van der Waals surface area contributed by atoms with Crippen molar-refractivity contribution in [3.63, 3.8) is 0 Å². The summed E-state index contributed by atoms with van der Waals surface area (Å²) in [6.07, 6.45) is 0. The van der Waals surface area contributed by atoms with Crippen LogP contribution in [0.15, 0.2) is 46.9 Å². The van der Waals surface area contributed by atoms with E-state index in [1.807, 2.05) is 31.2 Å². The van der Waals surface area contributed by atoms with E-state index in [9.17, 15) is 4.39 Å². The molecule has 2 nitrogen and oxygen atoms in total. The van der Waals surface area contributed by atoms with Crippen molar-refractivity contribution < 1.29 is 4.39 Å². The lowest BCUT2D eigenvalue weighted by atomic mass is 10.1. The number of hydrogen-bond donors (Lipinski definition) is 2. The van der Waals surface area contributed by atoms with E-state index in [2.05, 4.69) is 21.2 Å². The van der Waals surface area contributed by atoms with Crippen LogP contribution >= 0.6 is 15.9 Å². The summed E-state index contributed by atoms with van der Waals surface area (Å²) in [5, 5.41) is 3.40. The lowest BCUT2D eigenvalue weighted by molar-refractivity contribution is 0.624. The molecule has 0 aromatic heterocycles. The maximum absolute atomic E-state index is 13.1. The highest BCUT2D eigenvalue weighted by atomic mass is 79.9. The van der Waals surface area contributed by atoms with Gasteiger partial charge in [-0.2, -0.15) is 0 Å². The van der Waals surface area contributed by atoms with Crippen molar-refractivity contribution in [1.82, 2.24) is 0 Å². The molecule has 3 N–H and O–H groups in total. The van der Waals surface area contributed by atoms with Gasteiger partial charge in [-0.3, -0.25) is 0 Å². The summed E-state index contributed by atoms with van der Waals surface area (Å²) in [5.74, 6) is -0.262. The summed E-state index contributed by atoms with van der Waals surface area (Å²) in [5.41, 5.74) is 8.97. The quantitative estimate of drug-likeness (QED) is 0.892. The lowest BCUT2D eigenvalue weighted by Crippen LogP contribution is -2.21. The average Bonchev–Trinajstić information content (AvgIpc) is 2.39. The minimum atomic E-state index is -0.262. The molecule has 2 aromatic carbocycles. The fourth-order valence-electron chi connectivity index (χ4n) is 1.97. The van der Waals surface area contributed by atoms with Crippen molar-refractivity contribution in [1.29, 1.82) is 0 Å². The van der Waals surface area contributed by atoms with E-state index in [-0.39, 0.29) is 11.9 Å². The van der Waals surface area contributed by atoms with Gasteiger partial charge in [-0.05, 0) is 36.2 Å². The Bertz CT molecular complexity index is 572. The van der Waals surface area contributed by atoms with Crippen molar-refractivity contribution in [2.24, 2.45) is 5.73 Å². The van der Waals surface area contributed by atoms with Crippen LogP contribution < -0.4 is 11.1 Å². The molecule has 0 bridgehead atoms. The molecule has 2 rings (SSSR count). The van der Waals surface area contributed by atoms with Crippen LogP contribution in [0.3, 0.4) is 0 Å². The fraction of sp³-hybridized carbons (Fsp3) is 0.200. The molecule has 19 heavy (non-hydrogen) atoms. The molecule has 1 unspecified atom stereocenters. The van der Waals surface area contributed by atoms with Crippen LogP contribution in [-0.4, -0.2) is 6.54 Å². The van der Waals surface area contributed by atoms with Crippen molar-refractivity contribution in [3.8, 4) is 0 Å². The molecule has 0 fully saturated rings. The first-order valence-corrected chi connectivity index (χ1v) is 6.88. The molecule has 0 aliphatic carbocycles. The molecule has 1 atom stereocenters. The van der Waals surface area contributed by atoms with Crippen LogP contribution in [0.1, 0.15) is 17.2 Å². The van der Waals surface area contributed by atoms with E-state index in [1.165, 1.54) is 12.1 Å². The van der Waals surface area contributed by atoms with Crippen LogP contribution in [0.4, 0.5) is 10.1 Å². The number of aryl methyl sites for hydroxylation is 1. The zero-order valence-corrected chi connectivity index (χ0v) is 12.2. The van der Waals surface area contributed by atoms with Gasteiger partial charge >= 0.3 is 0 Å². The Balaban J connectivity index is 2.28. The Morgan fingerprint density at radius 2 is 2.00 bits per heavy atom. The summed E-state index contributed by atoms with van der Waals surface area (Å²) in [4.78, 5) is 0. The maximum atomic E-state index is 13.1. The SMILES string of the molecule is Cc1ccccc1NC(CN)c1ccc(F)cc1Br. The number of rotatable bonds is 4. The molecule has 4 heteroatoms. The number of nitrogens with one attached hydrogen (secondary N) is 1. The first-order valence-electron chi connectivity index (χ1n) is 6.09. The third-order valence-electron chi connectivity index (χ3n) is 3.05. The molecule has 0 heterocycles. The van der Waals surface area contributed by atoms with Gasteiger partial charge in [0.2, 0.25) is 0 Å². The van der Waals surface area contributed by atoms with Crippen LogP contribution in [0, 0.1) is 12.7 Å². The van der Waals surface area contributed by atoms with Crippen molar-refractivity contribution in [2.75, 3.05) is 11.9 Å². The minimum Gasteiger partial charge on any atom is -0.377 e. The Morgan fingerprint density at radius 1 is 1.26 bits per heavy atom. The highest BCUT2D eigenvalue weighted by Crippen LogP contribution is 2.27. The summed E-state index contributed by atoms with van der Waals surface area (Å²) >= 11 is 3.38. The number of halogens is 2. The van der Waals surface area contributed by atoms with Gasteiger partial charge in [0.15, 0.2) is 0 Å². The van der Waals surface area contributed by atoms with Crippen LogP contribution in [0.2, 0.25) is 0 Å². The van der Waals surface area contributed by atoms with Gasteiger partial charge in [0, 0.05) is 16.7 Å². The minimum absolute atomic E-state index is 0.0592. The molecular weight excluding hydrogens is 307 g/mol. The Morgan fingerprint density at radius 3 is 2.63 bits per heavy atom. The predicted molar refractivity (Wildman–Crippen MR) is 80.7 cm³/mol. The summed E-state index contributed by atoms with van der Waals surface area (Å²) in [6, 6.07) is 12.6. The highest BCUT2D eigenvalue weighted by molar-refractivity contribution is 9.10. The molecule has 0 amide bonds. The second kappa shape index (κ2) is 6.17. The summed E-state index contributed by atoms with van der Waals surface area (Å²) in [6.45, 7) is 2.47. The molecule has 0 aliphatic heterocycles. The van der Waals surface area contributed by atoms with Crippen LogP contribution in [-0.2, 0) is 0 Å². The van der Waals surface area contributed by atoms with E-state index in [0.717, 1.165) is 21.3 Å². The van der Waals surface area contributed by atoms with Crippen LogP contribution in [0.5, 0.6) is 0 Å². The number of hydrogen-bond acceptors (Lipinski definition) is 2. The number of nitrogens with two attached hydrogens (primary N) is 1. The van der Waals surface area contributed by atoms with Gasteiger partial charge < -0.3 is 11.1 Å². The molecule has 0 spiro atoms. The number of anilines is 1. The zero-order chi connectivity index (χ0) is 13.8. The molecular formula is C15H16BrFN2. The number of benzene rings is 2. The summed E-state index contributed by atoms with van der Waals surface area (Å²) < 4.78 is 13.9. The molecule has 100 valence electrons. The molecule has 0 aliphatic rings. The smallest absolute Gasteiger partial charge is 0.124 e. The van der Waals surface area contributed by atoms with E-state index in [1.54, 1.807) is 6.07 Å². The van der Waals surface area contributed by atoms with E-state index >= 15 is 0 Å². The second-order valence-electron chi connectivity index (χ2n) is 4.41.